The summed E-state index contributed by atoms with van der Waals surface area (Å²) in [5, 5.41) is 20.6. The molecular formula is C39H53N9O3. The van der Waals surface area contributed by atoms with Crippen molar-refractivity contribution in [3.05, 3.63) is 59.5 Å². The Morgan fingerprint density at radius 3 is 2.43 bits per heavy atom. The van der Waals surface area contributed by atoms with Gasteiger partial charge in [0.1, 0.15) is 11.4 Å². The van der Waals surface area contributed by atoms with Gasteiger partial charge in [-0.25, -0.2) is 14.8 Å². The SMILES string of the molecule is CC(C)(C)OC(=O)N1CCC(N2CCC(c3cnc(N4CCc5[nH]c6nnc(-c7ccccc7O)cc6c5[C@@H]4CCCCCN)nc3)CC2)CC1. The van der Waals surface area contributed by atoms with E-state index in [4.69, 9.17) is 20.4 Å². The molecule has 4 N–H and O–H groups in total. The summed E-state index contributed by atoms with van der Waals surface area (Å²) < 4.78 is 5.59. The van der Waals surface area contributed by atoms with Crippen LogP contribution in [0, 0.1) is 0 Å². The molecule has 4 aromatic rings. The first kappa shape index (κ1) is 35.1. The number of hydrogen-bond donors (Lipinski definition) is 3. The Kier molecular flexibility index (Phi) is 10.4. The van der Waals surface area contributed by atoms with Gasteiger partial charge < -0.3 is 35.3 Å². The predicted molar refractivity (Wildman–Crippen MR) is 199 cm³/mol. The summed E-state index contributed by atoms with van der Waals surface area (Å²) in [6.45, 7) is 10.9. The molecule has 0 saturated carbocycles. The van der Waals surface area contributed by atoms with Crippen molar-refractivity contribution in [1.82, 2.24) is 34.9 Å². The molecule has 1 atom stereocenters. The topological polar surface area (TPSA) is 150 Å². The highest BCUT2D eigenvalue weighted by molar-refractivity contribution is 5.86. The Labute approximate surface area is 300 Å². The number of amides is 1. The molecule has 1 aromatic carbocycles. The maximum absolute atomic E-state index is 12.5. The summed E-state index contributed by atoms with van der Waals surface area (Å²) in [5.41, 5.74) is 11.1. The molecule has 0 radical (unpaired) electrons. The number of carbonyl (C=O) groups excluding carboxylic acids is 1. The summed E-state index contributed by atoms with van der Waals surface area (Å²) >= 11 is 0. The van der Waals surface area contributed by atoms with Gasteiger partial charge in [-0.1, -0.05) is 25.0 Å². The first-order valence-corrected chi connectivity index (χ1v) is 18.9. The molecule has 6 heterocycles. The van der Waals surface area contributed by atoms with Crippen molar-refractivity contribution in [3.63, 3.8) is 0 Å². The van der Waals surface area contributed by atoms with Gasteiger partial charge in [0.15, 0.2) is 5.65 Å². The minimum absolute atomic E-state index is 0.0810. The fourth-order valence-corrected chi connectivity index (χ4v) is 8.23. The maximum Gasteiger partial charge on any atom is 0.410 e. The second-order valence-electron chi connectivity index (χ2n) is 15.4. The van der Waals surface area contributed by atoms with Crippen LogP contribution in [-0.2, 0) is 11.2 Å². The third-order valence-electron chi connectivity index (χ3n) is 10.9. The average molecular weight is 696 g/mol. The zero-order valence-electron chi connectivity index (χ0n) is 30.4. The lowest BCUT2D eigenvalue weighted by Gasteiger charge is -2.42. The molecule has 3 aromatic heterocycles. The van der Waals surface area contributed by atoms with E-state index in [0.717, 1.165) is 107 Å². The molecule has 3 aliphatic rings. The highest BCUT2D eigenvalue weighted by Crippen LogP contribution is 2.41. The zero-order valence-corrected chi connectivity index (χ0v) is 30.4. The Morgan fingerprint density at radius 2 is 1.73 bits per heavy atom. The summed E-state index contributed by atoms with van der Waals surface area (Å²) in [4.78, 5) is 33.0. The second kappa shape index (κ2) is 15.1. The minimum atomic E-state index is -0.465. The van der Waals surface area contributed by atoms with Crippen LogP contribution in [0.5, 0.6) is 5.75 Å². The van der Waals surface area contributed by atoms with Gasteiger partial charge in [0.2, 0.25) is 5.95 Å². The van der Waals surface area contributed by atoms with Gasteiger partial charge in [-0.2, -0.15) is 0 Å². The van der Waals surface area contributed by atoms with Crippen molar-refractivity contribution in [1.29, 1.82) is 0 Å². The highest BCUT2D eigenvalue weighted by atomic mass is 16.6. The summed E-state index contributed by atoms with van der Waals surface area (Å²) in [5.74, 6) is 1.40. The summed E-state index contributed by atoms with van der Waals surface area (Å²) in [6, 6.07) is 9.92. The Bertz CT molecular complexity index is 1790. The quantitative estimate of drug-likeness (QED) is 0.170. The molecule has 0 aliphatic carbocycles. The van der Waals surface area contributed by atoms with E-state index in [1.54, 1.807) is 6.07 Å². The van der Waals surface area contributed by atoms with E-state index < -0.39 is 5.60 Å². The molecular weight excluding hydrogens is 642 g/mol. The van der Waals surface area contributed by atoms with E-state index in [1.165, 1.54) is 16.8 Å². The van der Waals surface area contributed by atoms with E-state index in [0.29, 0.717) is 29.8 Å². The van der Waals surface area contributed by atoms with E-state index in [1.807, 2.05) is 43.9 Å². The standard InChI is InChI=1S/C39H53N9O3/c1-39(2,3)51-38(50)47-20-14-28(15-21-47)46-18-12-26(13-19-46)27-24-41-37(42-25-27)48-22-16-31-35(33(48)10-5-4-8-17-40)30-23-32(44-45-36(30)43-31)29-9-6-7-11-34(29)49/h6-7,9,11,23-26,28,33,49H,4-5,8,10,12-22,40H2,1-3H3,(H,43,45)/t33-/m0/s1. The van der Waals surface area contributed by atoms with Crippen LogP contribution in [-0.4, -0.2) is 97.1 Å². The number of piperidine rings is 2. The smallest absolute Gasteiger partial charge is 0.410 e. The van der Waals surface area contributed by atoms with Crippen molar-refractivity contribution < 1.29 is 14.6 Å². The zero-order chi connectivity index (χ0) is 35.5. The van der Waals surface area contributed by atoms with Crippen molar-refractivity contribution in [2.45, 2.75) is 102 Å². The third-order valence-corrected chi connectivity index (χ3v) is 10.9. The molecule has 3 aliphatic heterocycles. The molecule has 0 spiro atoms. The van der Waals surface area contributed by atoms with Crippen LogP contribution in [0.1, 0.15) is 101 Å². The van der Waals surface area contributed by atoms with Crippen molar-refractivity contribution in [2.75, 3.05) is 44.2 Å². The van der Waals surface area contributed by atoms with Gasteiger partial charge in [-0.3, -0.25) is 0 Å². The van der Waals surface area contributed by atoms with Crippen LogP contribution >= 0.6 is 0 Å². The Balaban J connectivity index is 1.03. The Morgan fingerprint density at radius 1 is 0.980 bits per heavy atom. The molecule has 0 bridgehead atoms. The number of nitrogens with one attached hydrogen (secondary N) is 1. The van der Waals surface area contributed by atoms with Crippen molar-refractivity contribution in [3.8, 4) is 17.0 Å². The van der Waals surface area contributed by atoms with Crippen LogP contribution < -0.4 is 10.6 Å². The van der Waals surface area contributed by atoms with Gasteiger partial charge >= 0.3 is 6.09 Å². The monoisotopic (exact) mass is 695 g/mol. The van der Waals surface area contributed by atoms with Crippen molar-refractivity contribution >= 4 is 23.1 Å². The van der Waals surface area contributed by atoms with Gasteiger partial charge in [0, 0.05) is 66.7 Å². The molecule has 272 valence electrons. The number of nitrogens with zero attached hydrogens (tertiary/aromatic N) is 7. The first-order chi connectivity index (χ1) is 24.7. The van der Waals surface area contributed by atoms with E-state index in [9.17, 15) is 9.90 Å². The van der Waals surface area contributed by atoms with Crippen LogP contribution in [0.25, 0.3) is 22.3 Å². The molecule has 1 amide bonds. The molecule has 2 saturated heterocycles. The number of fused-ring (bicyclic) bond motifs is 3. The van der Waals surface area contributed by atoms with Crippen LogP contribution in [0.2, 0.25) is 0 Å². The lowest BCUT2D eigenvalue weighted by atomic mass is 9.89. The van der Waals surface area contributed by atoms with Crippen LogP contribution in [0.15, 0.2) is 42.7 Å². The normalized spacial score (nSPS) is 19.4. The molecule has 12 heteroatoms. The largest absolute Gasteiger partial charge is 0.507 e. The number of hydrogen-bond acceptors (Lipinski definition) is 10. The van der Waals surface area contributed by atoms with E-state index in [2.05, 4.69) is 43.4 Å². The lowest BCUT2D eigenvalue weighted by molar-refractivity contribution is 0.0127. The molecule has 51 heavy (non-hydrogen) atoms. The number of aromatic amines is 1. The molecule has 0 unspecified atom stereocenters. The number of ether oxygens (including phenoxy) is 1. The number of H-pyrrole nitrogens is 1. The van der Waals surface area contributed by atoms with Gasteiger partial charge in [-0.05, 0) is 109 Å². The number of aromatic hydroxyl groups is 1. The van der Waals surface area contributed by atoms with Gasteiger partial charge in [0.25, 0.3) is 0 Å². The number of phenolic OH excluding ortho intramolecular Hbond substituents is 1. The van der Waals surface area contributed by atoms with Gasteiger partial charge in [-0.15, -0.1) is 10.2 Å². The fourth-order valence-electron chi connectivity index (χ4n) is 8.23. The number of unbranched alkanes of at least 4 members (excludes halogenated alkanes) is 2. The number of aromatic nitrogens is 5. The first-order valence-electron chi connectivity index (χ1n) is 18.9. The number of phenols is 1. The number of anilines is 1. The third kappa shape index (κ3) is 7.82. The van der Waals surface area contributed by atoms with E-state index >= 15 is 0 Å². The molecule has 7 rings (SSSR count). The number of likely N-dealkylation sites (tertiary alicyclic amines) is 2. The number of para-hydroxylation sites is 1. The lowest BCUT2D eigenvalue weighted by Crippen LogP contribution is -2.49. The number of benzene rings is 1. The Hall–Kier alpha value is -4.29. The number of rotatable bonds is 9. The summed E-state index contributed by atoms with van der Waals surface area (Å²) in [7, 11) is 0. The highest BCUT2D eigenvalue weighted by Gasteiger charge is 2.34. The predicted octanol–water partition coefficient (Wildman–Crippen LogP) is 6.32. The summed E-state index contributed by atoms with van der Waals surface area (Å²) in [6.07, 6.45) is 13.0. The average Bonchev–Trinajstić information content (AvgIpc) is 3.51. The number of carbonyl (C=O) groups is 1. The number of nitrogens with two attached hydrogens (primary N) is 1. The van der Waals surface area contributed by atoms with Crippen LogP contribution in [0.3, 0.4) is 0 Å². The van der Waals surface area contributed by atoms with Gasteiger partial charge in [0.05, 0.1) is 11.7 Å². The fraction of sp³-hybridized carbons (Fsp3) is 0.564. The minimum Gasteiger partial charge on any atom is -0.507 e. The van der Waals surface area contributed by atoms with E-state index in [-0.39, 0.29) is 17.9 Å². The van der Waals surface area contributed by atoms with Crippen molar-refractivity contribution in [2.24, 2.45) is 5.73 Å². The molecule has 2 fully saturated rings. The second-order valence-corrected chi connectivity index (χ2v) is 15.4. The molecule has 12 nitrogen and oxygen atoms in total. The maximum atomic E-state index is 12.5. The van der Waals surface area contributed by atoms with Crippen LogP contribution in [0.4, 0.5) is 10.7 Å².